The van der Waals surface area contributed by atoms with Crippen LogP contribution < -0.4 is 5.32 Å². The molecule has 0 bridgehead atoms. The van der Waals surface area contributed by atoms with Crippen LogP contribution in [0, 0.1) is 12.3 Å². The largest absolute Gasteiger partial charge is 0.351 e. The number of carbonyl (C=O) groups is 1. The summed E-state index contributed by atoms with van der Waals surface area (Å²) in [6.45, 7) is 2.75. The van der Waals surface area contributed by atoms with Crippen molar-refractivity contribution in [3.63, 3.8) is 0 Å². The Morgan fingerprint density at radius 3 is 2.76 bits per heavy atom. The van der Waals surface area contributed by atoms with Crippen molar-refractivity contribution in [3.8, 4) is 0 Å². The predicted octanol–water partition coefficient (Wildman–Crippen LogP) is 3.66. The van der Waals surface area contributed by atoms with E-state index in [1.54, 1.807) is 0 Å². The number of carbonyl (C=O) groups excluding carboxylic acids is 1. The van der Waals surface area contributed by atoms with Crippen LogP contribution in [-0.4, -0.2) is 17.8 Å². The Hall–Kier alpha value is -0.350. The van der Waals surface area contributed by atoms with E-state index in [1.165, 1.54) is 12.8 Å². The first-order valence-electron chi connectivity index (χ1n) is 5.67. The first-order chi connectivity index (χ1) is 8.06. The van der Waals surface area contributed by atoms with Crippen LogP contribution >= 0.6 is 31.9 Å². The summed E-state index contributed by atoms with van der Waals surface area (Å²) in [6, 6.07) is 5.82. The van der Waals surface area contributed by atoms with Crippen molar-refractivity contribution in [2.75, 3.05) is 11.9 Å². The molecule has 0 aromatic heterocycles. The van der Waals surface area contributed by atoms with Gasteiger partial charge in [-0.05, 0) is 53.2 Å². The summed E-state index contributed by atoms with van der Waals surface area (Å²) < 4.78 is 0.851. The smallest absolute Gasteiger partial charge is 0.252 e. The molecule has 1 amide bonds. The Morgan fingerprint density at radius 1 is 1.47 bits per heavy atom. The summed E-state index contributed by atoms with van der Waals surface area (Å²) in [4.78, 5) is 12.1. The summed E-state index contributed by atoms with van der Waals surface area (Å²) in [5.41, 5.74) is 2.13. The van der Waals surface area contributed by atoms with Crippen molar-refractivity contribution in [2.24, 2.45) is 5.41 Å². The molecule has 0 aliphatic heterocycles. The molecule has 1 aliphatic carbocycles. The summed E-state index contributed by atoms with van der Waals surface area (Å²) >= 11 is 6.92. The number of hydrogen-bond donors (Lipinski definition) is 1. The topological polar surface area (TPSA) is 29.1 Å². The molecule has 92 valence electrons. The normalized spacial score (nSPS) is 16.6. The minimum absolute atomic E-state index is 0.00722. The molecule has 1 aliphatic rings. The lowest BCUT2D eigenvalue weighted by atomic mass is 10.1. The van der Waals surface area contributed by atoms with Crippen molar-refractivity contribution in [1.82, 2.24) is 5.32 Å². The lowest BCUT2D eigenvalue weighted by Gasteiger charge is -2.13. The minimum atomic E-state index is 0.00722. The molecule has 1 N–H and O–H groups in total. The van der Waals surface area contributed by atoms with Gasteiger partial charge in [-0.15, -0.1) is 0 Å². The van der Waals surface area contributed by atoms with Crippen molar-refractivity contribution < 1.29 is 4.79 Å². The van der Waals surface area contributed by atoms with Crippen LogP contribution in [0.3, 0.4) is 0 Å². The van der Waals surface area contributed by atoms with E-state index in [9.17, 15) is 4.79 Å². The first kappa shape index (κ1) is 13.1. The molecule has 1 aromatic carbocycles. The molecule has 0 atom stereocenters. The molecule has 0 radical (unpaired) electrons. The van der Waals surface area contributed by atoms with Gasteiger partial charge in [-0.3, -0.25) is 4.79 Å². The number of alkyl halides is 1. The van der Waals surface area contributed by atoms with E-state index in [0.29, 0.717) is 5.41 Å². The second-order valence-corrected chi connectivity index (χ2v) is 6.21. The van der Waals surface area contributed by atoms with Crippen molar-refractivity contribution in [3.05, 3.63) is 33.8 Å². The SMILES string of the molecule is Cc1ccc(Br)c(C(=O)NCC2(CBr)CC2)c1. The highest BCUT2D eigenvalue weighted by Crippen LogP contribution is 2.46. The summed E-state index contributed by atoms with van der Waals surface area (Å²) in [7, 11) is 0. The lowest BCUT2D eigenvalue weighted by molar-refractivity contribution is 0.0945. The fraction of sp³-hybridized carbons (Fsp3) is 0.462. The first-order valence-corrected chi connectivity index (χ1v) is 7.58. The highest BCUT2D eigenvalue weighted by atomic mass is 79.9. The molecule has 0 unspecified atom stereocenters. The third-order valence-corrected chi connectivity index (χ3v) is 5.11. The van der Waals surface area contributed by atoms with Crippen LogP contribution in [0.5, 0.6) is 0 Å². The Bertz CT molecular complexity index is 441. The maximum absolute atomic E-state index is 12.1. The number of nitrogens with one attached hydrogen (secondary N) is 1. The molecule has 0 heterocycles. The van der Waals surface area contributed by atoms with E-state index >= 15 is 0 Å². The highest BCUT2D eigenvalue weighted by molar-refractivity contribution is 9.10. The molecule has 2 rings (SSSR count). The molecule has 1 saturated carbocycles. The van der Waals surface area contributed by atoms with Crippen LogP contribution in [0.15, 0.2) is 22.7 Å². The van der Waals surface area contributed by atoms with E-state index in [0.717, 1.165) is 27.5 Å². The second kappa shape index (κ2) is 5.11. The van der Waals surface area contributed by atoms with Crippen molar-refractivity contribution in [1.29, 1.82) is 0 Å². The number of amides is 1. The molecular formula is C13H15Br2NO. The monoisotopic (exact) mass is 359 g/mol. The molecule has 1 fully saturated rings. The van der Waals surface area contributed by atoms with Crippen LogP contribution in [0.1, 0.15) is 28.8 Å². The Kier molecular flexibility index (Phi) is 3.93. The zero-order valence-corrected chi connectivity index (χ0v) is 12.9. The second-order valence-electron chi connectivity index (χ2n) is 4.80. The Balaban J connectivity index is 2.02. The number of halogens is 2. The third-order valence-electron chi connectivity index (χ3n) is 3.23. The van der Waals surface area contributed by atoms with Gasteiger partial charge in [0.25, 0.3) is 5.91 Å². The lowest BCUT2D eigenvalue weighted by Crippen LogP contribution is -2.31. The van der Waals surface area contributed by atoms with E-state index in [-0.39, 0.29) is 5.91 Å². The molecule has 17 heavy (non-hydrogen) atoms. The third kappa shape index (κ3) is 3.10. The van der Waals surface area contributed by atoms with Gasteiger partial charge in [-0.25, -0.2) is 0 Å². The molecule has 0 saturated heterocycles. The average molecular weight is 361 g/mol. The summed E-state index contributed by atoms with van der Waals surface area (Å²) in [5, 5.41) is 3.99. The highest BCUT2D eigenvalue weighted by Gasteiger charge is 2.41. The van der Waals surface area contributed by atoms with Gasteiger partial charge in [0.05, 0.1) is 5.56 Å². The van der Waals surface area contributed by atoms with Crippen molar-refractivity contribution in [2.45, 2.75) is 19.8 Å². The van der Waals surface area contributed by atoms with Gasteiger partial charge in [0, 0.05) is 16.3 Å². The van der Waals surface area contributed by atoms with Gasteiger partial charge < -0.3 is 5.32 Å². The Labute approximate surface area is 118 Å². The van der Waals surface area contributed by atoms with Crippen LogP contribution in [0.4, 0.5) is 0 Å². The van der Waals surface area contributed by atoms with Gasteiger partial charge in [-0.2, -0.15) is 0 Å². The van der Waals surface area contributed by atoms with Crippen LogP contribution in [0.2, 0.25) is 0 Å². The molecule has 0 spiro atoms. The molecule has 4 heteroatoms. The number of benzene rings is 1. The molecule has 2 nitrogen and oxygen atoms in total. The molecule has 1 aromatic rings. The molecular weight excluding hydrogens is 346 g/mol. The van der Waals surface area contributed by atoms with E-state index in [2.05, 4.69) is 37.2 Å². The quantitative estimate of drug-likeness (QED) is 0.815. The summed E-state index contributed by atoms with van der Waals surface area (Å²) in [6.07, 6.45) is 2.40. The fourth-order valence-corrected chi connectivity index (χ4v) is 2.90. The maximum atomic E-state index is 12.1. The minimum Gasteiger partial charge on any atom is -0.351 e. The number of hydrogen-bond acceptors (Lipinski definition) is 1. The van der Waals surface area contributed by atoms with Gasteiger partial charge in [-0.1, -0.05) is 27.6 Å². The van der Waals surface area contributed by atoms with Gasteiger partial charge >= 0.3 is 0 Å². The average Bonchev–Trinajstić information content (AvgIpc) is 3.10. The van der Waals surface area contributed by atoms with Gasteiger partial charge in [0.2, 0.25) is 0 Å². The van der Waals surface area contributed by atoms with Gasteiger partial charge in [0.15, 0.2) is 0 Å². The zero-order chi connectivity index (χ0) is 12.5. The number of rotatable bonds is 4. The fourth-order valence-electron chi connectivity index (χ4n) is 1.71. The predicted molar refractivity (Wildman–Crippen MR) is 76.7 cm³/mol. The summed E-state index contributed by atoms with van der Waals surface area (Å²) in [5.74, 6) is 0.00722. The maximum Gasteiger partial charge on any atom is 0.252 e. The Morgan fingerprint density at radius 2 is 2.18 bits per heavy atom. The number of aryl methyl sites for hydroxylation is 1. The van der Waals surface area contributed by atoms with Crippen LogP contribution in [0.25, 0.3) is 0 Å². The zero-order valence-electron chi connectivity index (χ0n) is 9.72. The van der Waals surface area contributed by atoms with E-state index in [1.807, 2.05) is 25.1 Å². The van der Waals surface area contributed by atoms with Crippen LogP contribution in [-0.2, 0) is 0 Å². The van der Waals surface area contributed by atoms with Crippen molar-refractivity contribution >= 4 is 37.8 Å². The standard InChI is InChI=1S/C13H15Br2NO/c1-9-2-3-11(15)10(6-9)12(17)16-8-13(7-14)4-5-13/h2-3,6H,4-5,7-8H2,1H3,(H,16,17). The van der Waals surface area contributed by atoms with E-state index < -0.39 is 0 Å². The van der Waals surface area contributed by atoms with E-state index in [4.69, 9.17) is 0 Å². The van der Waals surface area contributed by atoms with Gasteiger partial charge in [0.1, 0.15) is 0 Å².